The number of carbonyl (C=O) groups is 2. The number of halogens is 1. The number of nitrogens with zero attached hydrogens (tertiary/aromatic N) is 3. The van der Waals surface area contributed by atoms with Crippen LogP contribution in [0.4, 0.5) is 15.8 Å². The number of aromatic nitrogens is 2. The van der Waals surface area contributed by atoms with Gasteiger partial charge in [0, 0.05) is 24.8 Å². The second kappa shape index (κ2) is 7.85. The number of hydrogen-bond acceptors (Lipinski definition) is 5. The van der Waals surface area contributed by atoms with Crippen molar-refractivity contribution in [2.24, 2.45) is 0 Å². The van der Waals surface area contributed by atoms with E-state index in [9.17, 15) is 14.0 Å². The molecule has 2 aliphatic rings. The van der Waals surface area contributed by atoms with E-state index in [1.54, 1.807) is 24.0 Å². The van der Waals surface area contributed by atoms with Crippen molar-refractivity contribution in [1.29, 1.82) is 0 Å². The smallest absolute Gasteiger partial charge is 0.299 e. The number of aryl methyl sites for hydroxylation is 2. The molecule has 32 heavy (non-hydrogen) atoms. The zero-order valence-electron chi connectivity index (χ0n) is 17.7. The Hall–Kier alpha value is -3.55. The number of hydrogen-bond donors (Lipinski definition) is 1. The number of fused-ring (bicyclic) bond motifs is 1. The van der Waals surface area contributed by atoms with Crippen molar-refractivity contribution in [3.05, 3.63) is 71.1 Å². The quantitative estimate of drug-likeness (QED) is 0.666. The van der Waals surface area contributed by atoms with Crippen molar-refractivity contribution in [3.8, 4) is 0 Å². The SMILES string of the molecule is Cc1nc(C(=O)N2CCCc3cc(C4(C(=O)Nc5ccc(F)cc5)CCC4)ccc32)no1. The minimum Gasteiger partial charge on any atom is -0.339 e. The molecule has 0 atom stereocenters. The van der Waals surface area contributed by atoms with Crippen LogP contribution in [0.15, 0.2) is 47.0 Å². The molecule has 2 heterocycles. The topological polar surface area (TPSA) is 88.3 Å². The Labute approximate surface area is 184 Å². The lowest BCUT2D eigenvalue weighted by Gasteiger charge is -2.41. The Balaban J connectivity index is 1.42. The van der Waals surface area contributed by atoms with Gasteiger partial charge in [0.1, 0.15) is 5.82 Å². The summed E-state index contributed by atoms with van der Waals surface area (Å²) in [6.45, 7) is 2.23. The molecule has 164 valence electrons. The van der Waals surface area contributed by atoms with Gasteiger partial charge in [0.2, 0.25) is 11.8 Å². The Morgan fingerprint density at radius 1 is 1.12 bits per heavy atom. The maximum Gasteiger partial charge on any atom is 0.299 e. The zero-order valence-corrected chi connectivity index (χ0v) is 17.7. The Morgan fingerprint density at radius 2 is 1.91 bits per heavy atom. The number of rotatable bonds is 4. The van der Waals surface area contributed by atoms with E-state index >= 15 is 0 Å². The predicted octanol–water partition coefficient (Wildman–Crippen LogP) is 4.17. The van der Waals surface area contributed by atoms with Crippen LogP contribution in [0.2, 0.25) is 0 Å². The fourth-order valence-corrected chi connectivity index (χ4v) is 4.57. The zero-order chi connectivity index (χ0) is 22.3. The molecule has 3 aromatic rings. The highest BCUT2D eigenvalue weighted by atomic mass is 19.1. The molecule has 2 amide bonds. The lowest BCUT2D eigenvalue weighted by Crippen LogP contribution is -2.46. The molecule has 1 aliphatic carbocycles. The average molecular weight is 434 g/mol. The highest BCUT2D eigenvalue weighted by Gasteiger charge is 2.46. The van der Waals surface area contributed by atoms with Crippen LogP contribution in [0, 0.1) is 12.7 Å². The number of nitrogens with one attached hydrogen (secondary N) is 1. The molecule has 0 unspecified atom stereocenters. The molecular weight excluding hydrogens is 411 g/mol. The van der Waals surface area contributed by atoms with Gasteiger partial charge in [-0.05, 0) is 67.1 Å². The van der Waals surface area contributed by atoms with Gasteiger partial charge in [-0.15, -0.1) is 0 Å². The summed E-state index contributed by atoms with van der Waals surface area (Å²) in [5.74, 6) is -0.316. The van der Waals surface area contributed by atoms with Gasteiger partial charge in [-0.2, -0.15) is 4.98 Å². The van der Waals surface area contributed by atoms with Crippen LogP contribution in [0.25, 0.3) is 0 Å². The molecule has 7 nitrogen and oxygen atoms in total. The Kier molecular flexibility index (Phi) is 5.00. The van der Waals surface area contributed by atoms with E-state index in [1.165, 1.54) is 12.1 Å². The highest BCUT2D eigenvalue weighted by molar-refractivity contribution is 6.04. The standard InChI is InChI=1S/C24H23FN4O3/c1-15-26-21(28-32-15)22(30)29-13-2-4-16-14-17(5-10-20(16)29)24(11-3-12-24)23(31)27-19-8-6-18(25)7-9-19/h5-10,14H,2-4,11-13H2,1H3,(H,27,31). The van der Waals surface area contributed by atoms with Gasteiger partial charge >= 0.3 is 0 Å². The third-order valence-corrected chi connectivity index (χ3v) is 6.46. The average Bonchev–Trinajstić information content (AvgIpc) is 3.20. The van der Waals surface area contributed by atoms with Crippen LogP contribution >= 0.6 is 0 Å². The van der Waals surface area contributed by atoms with E-state index in [2.05, 4.69) is 21.5 Å². The number of benzene rings is 2. The van der Waals surface area contributed by atoms with Crippen molar-refractivity contribution in [3.63, 3.8) is 0 Å². The van der Waals surface area contributed by atoms with Crippen molar-refractivity contribution in [2.75, 3.05) is 16.8 Å². The number of amides is 2. The summed E-state index contributed by atoms with van der Waals surface area (Å²) in [7, 11) is 0. The third-order valence-electron chi connectivity index (χ3n) is 6.46. The third kappa shape index (κ3) is 3.45. The Bertz CT molecular complexity index is 1180. The molecule has 0 saturated heterocycles. The van der Waals surface area contributed by atoms with Crippen molar-refractivity contribution in [1.82, 2.24) is 10.1 Å². The lowest BCUT2D eigenvalue weighted by atomic mass is 9.63. The van der Waals surface area contributed by atoms with Crippen LogP contribution in [0.1, 0.15) is 53.3 Å². The minimum atomic E-state index is -0.611. The van der Waals surface area contributed by atoms with E-state index in [1.807, 2.05) is 12.1 Å². The molecule has 1 aliphatic heterocycles. The van der Waals surface area contributed by atoms with E-state index in [-0.39, 0.29) is 23.5 Å². The van der Waals surface area contributed by atoms with Crippen molar-refractivity contribution < 1.29 is 18.5 Å². The molecule has 1 N–H and O–H groups in total. The Morgan fingerprint density at radius 3 is 2.56 bits per heavy atom. The van der Waals surface area contributed by atoms with E-state index in [0.717, 1.165) is 48.9 Å². The van der Waals surface area contributed by atoms with Gasteiger partial charge in [0.25, 0.3) is 11.7 Å². The molecule has 1 saturated carbocycles. The first kappa shape index (κ1) is 20.4. The normalized spacial score (nSPS) is 16.8. The summed E-state index contributed by atoms with van der Waals surface area (Å²) in [4.78, 5) is 31.9. The molecule has 2 aromatic carbocycles. The van der Waals surface area contributed by atoms with Gasteiger partial charge in [-0.25, -0.2) is 4.39 Å². The fraction of sp³-hybridized carbons (Fsp3) is 0.333. The monoisotopic (exact) mass is 434 g/mol. The summed E-state index contributed by atoms with van der Waals surface area (Å²) in [6.07, 6.45) is 4.12. The fourth-order valence-electron chi connectivity index (χ4n) is 4.57. The van der Waals surface area contributed by atoms with E-state index in [4.69, 9.17) is 4.52 Å². The van der Waals surface area contributed by atoms with Crippen LogP contribution in [-0.2, 0) is 16.6 Å². The largest absolute Gasteiger partial charge is 0.339 e. The van der Waals surface area contributed by atoms with Crippen LogP contribution in [0.3, 0.4) is 0 Å². The van der Waals surface area contributed by atoms with Crippen molar-refractivity contribution in [2.45, 2.75) is 44.4 Å². The van der Waals surface area contributed by atoms with Crippen molar-refractivity contribution >= 4 is 23.2 Å². The first-order chi connectivity index (χ1) is 15.5. The second-order valence-corrected chi connectivity index (χ2v) is 8.44. The van der Waals surface area contributed by atoms with Gasteiger partial charge in [-0.3, -0.25) is 9.59 Å². The summed E-state index contributed by atoms with van der Waals surface area (Å²) >= 11 is 0. The first-order valence-corrected chi connectivity index (χ1v) is 10.8. The first-order valence-electron chi connectivity index (χ1n) is 10.8. The van der Waals surface area contributed by atoms with Gasteiger partial charge in [0.05, 0.1) is 5.41 Å². The molecule has 1 fully saturated rings. The summed E-state index contributed by atoms with van der Waals surface area (Å²) in [5, 5.41) is 6.70. The summed E-state index contributed by atoms with van der Waals surface area (Å²) in [6, 6.07) is 11.7. The molecular formula is C24H23FN4O3. The second-order valence-electron chi connectivity index (χ2n) is 8.44. The van der Waals surface area contributed by atoms with Crippen LogP contribution < -0.4 is 10.2 Å². The molecule has 0 radical (unpaired) electrons. The van der Waals surface area contributed by atoms with Crippen LogP contribution in [0.5, 0.6) is 0 Å². The maximum absolute atomic E-state index is 13.2. The van der Waals surface area contributed by atoms with Crippen LogP contribution in [-0.4, -0.2) is 28.5 Å². The maximum atomic E-state index is 13.2. The number of anilines is 2. The molecule has 5 rings (SSSR count). The molecule has 8 heteroatoms. The lowest BCUT2D eigenvalue weighted by molar-refractivity contribution is -0.124. The van der Waals surface area contributed by atoms with Gasteiger partial charge in [0.15, 0.2) is 0 Å². The molecule has 0 bridgehead atoms. The van der Waals surface area contributed by atoms with Gasteiger partial charge < -0.3 is 14.7 Å². The summed E-state index contributed by atoms with van der Waals surface area (Å²) in [5.41, 5.74) is 2.77. The van der Waals surface area contributed by atoms with Gasteiger partial charge in [-0.1, -0.05) is 23.7 Å². The predicted molar refractivity (Wildman–Crippen MR) is 116 cm³/mol. The molecule has 1 aromatic heterocycles. The highest BCUT2D eigenvalue weighted by Crippen LogP contribution is 2.46. The van der Waals surface area contributed by atoms with E-state index in [0.29, 0.717) is 18.1 Å². The summed E-state index contributed by atoms with van der Waals surface area (Å²) < 4.78 is 18.2. The number of carbonyl (C=O) groups excluding carboxylic acids is 2. The minimum absolute atomic E-state index is 0.0496. The van der Waals surface area contributed by atoms with E-state index < -0.39 is 5.41 Å². The molecule has 0 spiro atoms.